The van der Waals surface area contributed by atoms with Crippen LogP contribution in [0.15, 0.2) is 0 Å². The molecule has 0 bridgehead atoms. The molecule has 13 heavy (non-hydrogen) atoms. The number of carboxylic acid groups (broad SMARTS) is 1. The van der Waals surface area contributed by atoms with Gasteiger partial charge in [0, 0.05) is 19.0 Å². The van der Waals surface area contributed by atoms with Crippen LogP contribution < -0.4 is 10.6 Å². The van der Waals surface area contributed by atoms with E-state index in [-0.39, 0.29) is 11.9 Å². The zero-order valence-electron chi connectivity index (χ0n) is 7.54. The van der Waals surface area contributed by atoms with E-state index in [0.29, 0.717) is 19.4 Å². The number of nitrogens with one attached hydrogen (secondary N) is 2. The van der Waals surface area contributed by atoms with Crippen LogP contribution in [0.4, 0.5) is 0 Å². The van der Waals surface area contributed by atoms with E-state index < -0.39 is 12.0 Å². The lowest BCUT2D eigenvalue weighted by Gasteiger charge is -2.16. The van der Waals surface area contributed by atoms with Gasteiger partial charge in [-0.25, -0.2) is 0 Å². The SMILES string of the molecule is CCC(NC1CNC(=O)C1)C(=O)O. The lowest BCUT2D eigenvalue weighted by atomic mass is 10.1. The molecule has 1 saturated heterocycles. The molecular weight excluding hydrogens is 172 g/mol. The van der Waals surface area contributed by atoms with Crippen molar-refractivity contribution in [2.75, 3.05) is 6.54 Å². The second-order valence-corrected chi connectivity index (χ2v) is 3.17. The van der Waals surface area contributed by atoms with Gasteiger partial charge in [0.15, 0.2) is 0 Å². The fourth-order valence-electron chi connectivity index (χ4n) is 1.37. The molecule has 0 aliphatic carbocycles. The van der Waals surface area contributed by atoms with E-state index in [4.69, 9.17) is 5.11 Å². The molecule has 0 radical (unpaired) electrons. The number of hydrogen-bond donors (Lipinski definition) is 3. The molecule has 2 unspecified atom stereocenters. The monoisotopic (exact) mass is 186 g/mol. The van der Waals surface area contributed by atoms with Crippen LogP contribution in [-0.2, 0) is 9.59 Å². The number of hydrogen-bond acceptors (Lipinski definition) is 3. The molecule has 0 aromatic heterocycles. The van der Waals surface area contributed by atoms with Crippen molar-refractivity contribution in [2.45, 2.75) is 31.8 Å². The highest BCUT2D eigenvalue weighted by molar-refractivity contribution is 5.79. The minimum Gasteiger partial charge on any atom is -0.480 e. The number of amides is 1. The number of carbonyl (C=O) groups is 2. The maximum atomic E-state index is 10.8. The molecule has 0 aromatic rings. The molecule has 0 saturated carbocycles. The van der Waals surface area contributed by atoms with Crippen LogP contribution >= 0.6 is 0 Å². The lowest BCUT2D eigenvalue weighted by Crippen LogP contribution is -2.43. The lowest BCUT2D eigenvalue weighted by molar-refractivity contribution is -0.139. The van der Waals surface area contributed by atoms with Crippen molar-refractivity contribution in [2.24, 2.45) is 0 Å². The van der Waals surface area contributed by atoms with Gasteiger partial charge in [-0.15, -0.1) is 0 Å². The van der Waals surface area contributed by atoms with Crippen molar-refractivity contribution in [1.82, 2.24) is 10.6 Å². The fourth-order valence-corrected chi connectivity index (χ4v) is 1.37. The average Bonchev–Trinajstić information content (AvgIpc) is 2.46. The Morgan fingerprint density at radius 1 is 1.85 bits per heavy atom. The van der Waals surface area contributed by atoms with Crippen molar-refractivity contribution in [3.05, 3.63) is 0 Å². The first kappa shape index (κ1) is 9.98. The van der Waals surface area contributed by atoms with Gasteiger partial charge in [0.05, 0.1) is 0 Å². The second kappa shape index (κ2) is 4.23. The summed E-state index contributed by atoms with van der Waals surface area (Å²) in [7, 11) is 0. The van der Waals surface area contributed by atoms with Crippen LogP contribution in [-0.4, -0.2) is 35.6 Å². The van der Waals surface area contributed by atoms with E-state index in [0.717, 1.165) is 0 Å². The van der Waals surface area contributed by atoms with Crippen molar-refractivity contribution in [3.63, 3.8) is 0 Å². The van der Waals surface area contributed by atoms with Gasteiger partial charge < -0.3 is 10.4 Å². The number of aliphatic carboxylic acids is 1. The van der Waals surface area contributed by atoms with Crippen molar-refractivity contribution < 1.29 is 14.7 Å². The summed E-state index contributed by atoms with van der Waals surface area (Å²) in [6.45, 7) is 2.33. The molecular formula is C8H14N2O3. The molecule has 1 fully saturated rings. The van der Waals surface area contributed by atoms with Crippen molar-refractivity contribution >= 4 is 11.9 Å². The topological polar surface area (TPSA) is 78.4 Å². The quantitative estimate of drug-likeness (QED) is 0.544. The largest absolute Gasteiger partial charge is 0.480 e. The fraction of sp³-hybridized carbons (Fsp3) is 0.750. The first-order valence-electron chi connectivity index (χ1n) is 4.39. The molecule has 2 atom stereocenters. The maximum absolute atomic E-state index is 10.8. The van der Waals surface area contributed by atoms with Gasteiger partial charge in [0.25, 0.3) is 0 Å². The Morgan fingerprint density at radius 3 is 2.92 bits per heavy atom. The van der Waals surface area contributed by atoms with E-state index in [2.05, 4.69) is 10.6 Å². The van der Waals surface area contributed by atoms with Gasteiger partial charge in [0.2, 0.25) is 5.91 Å². The molecule has 5 heteroatoms. The summed E-state index contributed by atoms with van der Waals surface area (Å²) in [5, 5.41) is 14.3. The predicted molar refractivity (Wildman–Crippen MR) is 46.3 cm³/mol. The number of carboxylic acids is 1. The normalized spacial score (nSPS) is 24.1. The first-order valence-corrected chi connectivity index (χ1v) is 4.39. The third-order valence-electron chi connectivity index (χ3n) is 2.12. The predicted octanol–water partition coefficient (Wildman–Crippen LogP) is -0.672. The molecule has 1 aliphatic heterocycles. The van der Waals surface area contributed by atoms with E-state index in [9.17, 15) is 9.59 Å². The van der Waals surface area contributed by atoms with E-state index >= 15 is 0 Å². The first-order chi connectivity index (χ1) is 6.13. The molecule has 1 amide bonds. The number of rotatable bonds is 4. The Morgan fingerprint density at radius 2 is 2.54 bits per heavy atom. The Bertz CT molecular complexity index is 217. The summed E-state index contributed by atoms with van der Waals surface area (Å²) in [6, 6.07) is -0.578. The Balaban J connectivity index is 2.38. The highest BCUT2D eigenvalue weighted by atomic mass is 16.4. The molecule has 74 valence electrons. The maximum Gasteiger partial charge on any atom is 0.320 e. The molecule has 1 heterocycles. The highest BCUT2D eigenvalue weighted by Crippen LogP contribution is 2.02. The van der Waals surface area contributed by atoms with Gasteiger partial charge in [-0.2, -0.15) is 0 Å². The zero-order valence-corrected chi connectivity index (χ0v) is 7.54. The van der Waals surface area contributed by atoms with Gasteiger partial charge in [0.1, 0.15) is 6.04 Å². The third-order valence-corrected chi connectivity index (χ3v) is 2.12. The van der Waals surface area contributed by atoms with Gasteiger partial charge in [-0.05, 0) is 6.42 Å². The summed E-state index contributed by atoms with van der Waals surface area (Å²) in [6.07, 6.45) is 0.907. The standard InChI is InChI=1S/C8H14N2O3/c1-2-6(8(12)13)10-5-3-7(11)9-4-5/h5-6,10H,2-4H2,1H3,(H,9,11)(H,12,13). The zero-order chi connectivity index (χ0) is 9.84. The van der Waals surface area contributed by atoms with Crippen LogP contribution in [0.5, 0.6) is 0 Å². The third kappa shape index (κ3) is 2.69. The van der Waals surface area contributed by atoms with Crippen molar-refractivity contribution in [3.8, 4) is 0 Å². The van der Waals surface area contributed by atoms with Crippen molar-refractivity contribution in [1.29, 1.82) is 0 Å². The van der Waals surface area contributed by atoms with Gasteiger partial charge in [-0.1, -0.05) is 6.92 Å². The van der Waals surface area contributed by atoms with E-state index in [1.165, 1.54) is 0 Å². The molecule has 0 aromatic carbocycles. The van der Waals surface area contributed by atoms with Crippen LogP contribution in [0.3, 0.4) is 0 Å². The van der Waals surface area contributed by atoms with Crippen LogP contribution in [0, 0.1) is 0 Å². The number of carbonyl (C=O) groups excluding carboxylic acids is 1. The average molecular weight is 186 g/mol. The Kier molecular flexibility index (Phi) is 3.25. The summed E-state index contributed by atoms with van der Waals surface area (Å²) in [4.78, 5) is 21.4. The van der Waals surface area contributed by atoms with E-state index in [1.54, 1.807) is 6.92 Å². The second-order valence-electron chi connectivity index (χ2n) is 3.17. The molecule has 5 nitrogen and oxygen atoms in total. The highest BCUT2D eigenvalue weighted by Gasteiger charge is 2.25. The molecule has 3 N–H and O–H groups in total. The van der Waals surface area contributed by atoms with Crippen LogP contribution in [0.1, 0.15) is 19.8 Å². The Labute approximate surface area is 76.5 Å². The summed E-state index contributed by atoms with van der Waals surface area (Å²) in [5.41, 5.74) is 0. The molecule has 1 aliphatic rings. The smallest absolute Gasteiger partial charge is 0.320 e. The Hall–Kier alpha value is -1.10. The molecule has 0 spiro atoms. The van der Waals surface area contributed by atoms with E-state index in [1.807, 2.05) is 0 Å². The minimum absolute atomic E-state index is 0.0160. The summed E-state index contributed by atoms with van der Waals surface area (Å²) in [5.74, 6) is -0.875. The van der Waals surface area contributed by atoms with Crippen LogP contribution in [0.25, 0.3) is 0 Å². The van der Waals surface area contributed by atoms with Gasteiger partial charge >= 0.3 is 5.97 Å². The molecule has 1 rings (SSSR count). The summed E-state index contributed by atoms with van der Waals surface area (Å²) < 4.78 is 0. The summed E-state index contributed by atoms with van der Waals surface area (Å²) >= 11 is 0. The van der Waals surface area contributed by atoms with Crippen LogP contribution in [0.2, 0.25) is 0 Å². The minimum atomic E-state index is -0.859. The van der Waals surface area contributed by atoms with Gasteiger partial charge in [-0.3, -0.25) is 14.9 Å².